The molecule has 0 fully saturated rings. The number of benzene rings is 3. The molecule has 0 aliphatic heterocycles. The van der Waals surface area contributed by atoms with Crippen LogP contribution in [0.1, 0.15) is 5.56 Å². The molecule has 5 aromatic rings. The monoisotopic (exact) mass is 375 g/mol. The van der Waals surface area contributed by atoms with Gasteiger partial charge in [-0.1, -0.05) is 42.5 Å². The first kappa shape index (κ1) is 17.2. The third-order valence-electron chi connectivity index (χ3n) is 5.47. The van der Waals surface area contributed by atoms with Gasteiger partial charge in [0, 0.05) is 22.9 Å². The van der Waals surface area contributed by atoms with Gasteiger partial charge in [0.25, 0.3) is 0 Å². The Morgan fingerprint density at radius 1 is 0.828 bits per heavy atom. The van der Waals surface area contributed by atoms with E-state index in [2.05, 4.69) is 52.7 Å². The van der Waals surface area contributed by atoms with Gasteiger partial charge in [0.15, 0.2) is 6.20 Å². The number of fused-ring (bicyclic) bond motifs is 3. The van der Waals surface area contributed by atoms with Crippen molar-refractivity contribution in [2.45, 2.75) is 6.92 Å². The molecular formula is C26H19N2O+. The molecule has 0 unspecified atom stereocenters. The minimum absolute atomic E-state index is 0.540. The summed E-state index contributed by atoms with van der Waals surface area (Å²) in [6, 6.07) is 24.6. The third-order valence-corrected chi connectivity index (χ3v) is 5.47. The van der Waals surface area contributed by atoms with E-state index in [9.17, 15) is 0 Å². The van der Waals surface area contributed by atoms with Gasteiger partial charge in [-0.05, 0) is 41.8 Å². The van der Waals surface area contributed by atoms with E-state index in [0.717, 1.165) is 44.3 Å². The van der Waals surface area contributed by atoms with Gasteiger partial charge in [-0.2, -0.15) is 0 Å². The number of aryl methyl sites for hydroxylation is 2. The normalized spacial score (nSPS) is 11.1. The second-order valence-electron chi connectivity index (χ2n) is 7.28. The Morgan fingerprint density at radius 2 is 1.62 bits per heavy atom. The lowest BCUT2D eigenvalue weighted by molar-refractivity contribution is -0.660. The highest BCUT2D eigenvalue weighted by atomic mass is 16.3. The quantitative estimate of drug-likeness (QED) is 0.251. The molecule has 5 rings (SSSR count). The lowest BCUT2D eigenvalue weighted by Crippen LogP contribution is -2.30. The van der Waals surface area contributed by atoms with Crippen LogP contribution in [-0.2, 0) is 7.05 Å². The van der Waals surface area contributed by atoms with Crippen molar-refractivity contribution in [3.05, 3.63) is 96.0 Å². The smallest absolute Gasteiger partial charge is 0.230 e. The zero-order chi connectivity index (χ0) is 20.0. The highest BCUT2D eigenvalue weighted by Crippen LogP contribution is 2.42. The zero-order valence-electron chi connectivity index (χ0n) is 16.3. The van der Waals surface area contributed by atoms with Crippen LogP contribution in [0.2, 0.25) is 0 Å². The van der Waals surface area contributed by atoms with Gasteiger partial charge in [0.05, 0.1) is 12.1 Å². The molecule has 0 amide bonds. The SMILES string of the molecule is [C-]#[N+]c1cc(-c2ccccc2)cc2c1oc1c(-c3cccc[n+]3C)c(C)ccc12. The molecule has 3 nitrogen and oxygen atoms in total. The number of rotatable bonds is 2. The highest BCUT2D eigenvalue weighted by molar-refractivity contribution is 6.14. The van der Waals surface area contributed by atoms with Crippen LogP contribution in [0.5, 0.6) is 0 Å². The fourth-order valence-corrected chi connectivity index (χ4v) is 4.00. The van der Waals surface area contributed by atoms with Crippen molar-refractivity contribution in [1.82, 2.24) is 0 Å². The lowest BCUT2D eigenvalue weighted by atomic mass is 9.98. The van der Waals surface area contributed by atoms with Crippen LogP contribution in [0.15, 0.2) is 83.4 Å². The van der Waals surface area contributed by atoms with E-state index in [0.29, 0.717) is 11.3 Å². The molecule has 0 aliphatic carbocycles. The molecule has 0 saturated carbocycles. The summed E-state index contributed by atoms with van der Waals surface area (Å²) in [5.74, 6) is 0. The average molecular weight is 375 g/mol. The van der Waals surface area contributed by atoms with Crippen LogP contribution in [0, 0.1) is 13.5 Å². The summed E-state index contributed by atoms with van der Waals surface area (Å²) in [6.07, 6.45) is 2.04. The average Bonchev–Trinajstić information content (AvgIpc) is 3.13. The summed E-state index contributed by atoms with van der Waals surface area (Å²) in [5, 5.41) is 2.01. The number of nitrogens with zero attached hydrogens (tertiary/aromatic N) is 2. The van der Waals surface area contributed by atoms with Gasteiger partial charge >= 0.3 is 0 Å². The minimum Gasteiger partial charge on any atom is -0.466 e. The van der Waals surface area contributed by atoms with Crippen LogP contribution >= 0.6 is 0 Å². The van der Waals surface area contributed by atoms with Crippen molar-refractivity contribution >= 4 is 27.6 Å². The molecule has 0 saturated heterocycles. The Morgan fingerprint density at radius 3 is 2.38 bits per heavy atom. The molecule has 29 heavy (non-hydrogen) atoms. The van der Waals surface area contributed by atoms with E-state index in [4.69, 9.17) is 11.0 Å². The van der Waals surface area contributed by atoms with Crippen molar-refractivity contribution in [3.8, 4) is 22.4 Å². The first-order chi connectivity index (χ1) is 14.2. The molecule has 0 spiro atoms. The van der Waals surface area contributed by atoms with E-state index < -0.39 is 0 Å². The van der Waals surface area contributed by atoms with Crippen LogP contribution in [0.4, 0.5) is 5.69 Å². The molecule has 138 valence electrons. The number of furan rings is 1. The Kier molecular flexibility index (Phi) is 3.93. The van der Waals surface area contributed by atoms with Crippen molar-refractivity contribution in [1.29, 1.82) is 0 Å². The van der Waals surface area contributed by atoms with E-state index >= 15 is 0 Å². The van der Waals surface area contributed by atoms with Gasteiger partial charge in [-0.25, -0.2) is 9.41 Å². The van der Waals surface area contributed by atoms with Gasteiger partial charge in [-0.3, -0.25) is 0 Å². The molecule has 0 atom stereocenters. The second-order valence-corrected chi connectivity index (χ2v) is 7.28. The first-order valence-corrected chi connectivity index (χ1v) is 9.55. The Balaban J connectivity index is 1.89. The van der Waals surface area contributed by atoms with Crippen molar-refractivity contribution in [3.63, 3.8) is 0 Å². The number of aromatic nitrogens is 1. The van der Waals surface area contributed by atoms with Gasteiger partial charge < -0.3 is 4.42 Å². The van der Waals surface area contributed by atoms with Gasteiger partial charge in [0.2, 0.25) is 11.4 Å². The third kappa shape index (κ3) is 2.69. The lowest BCUT2D eigenvalue weighted by Gasteiger charge is -2.05. The van der Waals surface area contributed by atoms with Crippen LogP contribution in [0.25, 0.3) is 49.2 Å². The van der Waals surface area contributed by atoms with Crippen molar-refractivity contribution in [2.24, 2.45) is 7.05 Å². The molecular weight excluding hydrogens is 356 g/mol. The number of hydrogen-bond donors (Lipinski definition) is 0. The van der Waals surface area contributed by atoms with Crippen LogP contribution in [0.3, 0.4) is 0 Å². The molecule has 3 heteroatoms. The standard InChI is InChI=1S/C26H19N2O/c1-17-12-13-20-21-15-19(18-9-5-4-6-10-18)16-22(27-2)25(21)29-26(20)24(17)23-11-7-8-14-28(23)3/h4-16H,1,3H3/q+1. The molecule has 0 N–H and O–H groups in total. The molecule has 0 radical (unpaired) electrons. The van der Waals surface area contributed by atoms with Crippen LogP contribution in [-0.4, -0.2) is 0 Å². The molecule has 3 aromatic carbocycles. The van der Waals surface area contributed by atoms with E-state index in [-0.39, 0.29) is 0 Å². The maximum atomic E-state index is 7.71. The molecule has 0 bridgehead atoms. The summed E-state index contributed by atoms with van der Waals surface area (Å²) >= 11 is 0. The summed E-state index contributed by atoms with van der Waals surface area (Å²) in [6.45, 7) is 9.81. The fourth-order valence-electron chi connectivity index (χ4n) is 4.00. The zero-order valence-corrected chi connectivity index (χ0v) is 16.3. The Hall–Kier alpha value is -3.90. The van der Waals surface area contributed by atoms with Crippen molar-refractivity contribution < 1.29 is 8.98 Å². The number of hydrogen-bond acceptors (Lipinski definition) is 1. The van der Waals surface area contributed by atoms with Gasteiger partial charge in [-0.15, -0.1) is 0 Å². The summed E-state index contributed by atoms with van der Waals surface area (Å²) in [4.78, 5) is 3.77. The van der Waals surface area contributed by atoms with E-state index in [1.165, 1.54) is 0 Å². The van der Waals surface area contributed by atoms with Gasteiger partial charge in [0.1, 0.15) is 18.2 Å². The fraction of sp³-hybridized carbons (Fsp3) is 0.0769. The Bertz CT molecular complexity index is 1420. The summed E-state index contributed by atoms with van der Waals surface area (Å²) in [5.41, 5.74) is 7.44. The molecule has 2 aromatic heterocycles. The predicted octanol–water partition coefficient (Wildman–Crippen LogP) is 6.60. The number of pyridine rings is 1. The van der Waals surface area contributed by atoms with E-state index in [1.54, 1.807) is 0 Å². The topological polar surface area (TPSA) is 21.4 Å². The second kappa shape index (κ2) is 6.61. The van der Waals surface area contributed by atoms with Crippen molar-refractivity contribution in [2.75, 3.05) is 0 Å². The van der Waals surface area contributed by atoms with Crippen LogP contribution < -0.4 is 4.57 Å². The molecule has 2 heterocycles. The molecule has 0 aliphatic rings. The first-order valence-electron chi connectivity index (χ1n) is 9.55. The maximum Gasteiger partial charge on any atom is 0.230 e. The minimum atomic E-state index is 0.540. The summed E-state index contributed by atoms with van der Waals surface area (Å²) in [7, 11) is 2.04. The predicted molar refractivity (Wildman–Crippen MR) is 117 cm³/mol. The maximum absolute atomic E-state index is 7.71. The Labute approximate surface area is 169 Å². The van der Waals surface area contributed by atoms with E-state index in [1.807, 2.05) is 49.6 Å². The summed E-state index contributed by atoms with van der Waals surface area (Å²) < 4.78 is 8.46. The largest absolute Gasteiger partial charge is 0.466 e. The highest BCUT2D eigenvalue weighted by Gasteiger charge is 2.21.